The van der Waals surface area contributed by atoms with Crippen LogP contribution in [0.15, 0.2) is 12.3 Å². The van der Waals surface area contributed by atoms with Crippen molar-refractivity contribution >= 4 is 0 Å². The van der Waals surface area contributed by atoms with Crippen LogP contribution in [0.25, 0.3) is 0 Å². The van der Waals surface area contributed by atoms with Gasteiger partial charge in [-0.3, -0.25) is 0 Å². The van der Waals surface area contributed by atoms with Crippen molar-refractivity contribution in [3.05, 3.63) is 12.3 Å². The minimum atomic E-state index is 0. The second kappa shape index (κ2) is 55.5. The molecule has 0 aromatic carbocycles. The van der Waals surface area contributed by atoms with Crippen molar-refractivity contribution < 1.29 is 4.74 Å². The molecule has 0 saturated heterocycles. The summed E-state index contributed by atoms with van der Waals surface area (Å²) in [7, 11) is 1.64. The Morgan fingerprint density at radius 2 is 1.36 bits per heavy atom. The van der Waals surface area contributed by atoms with Gasteiger partial charge in [0.25, 0.3) is 0 Å². The van der Waals surface area contributed by atoms with E-state index in [2.05, 4.69) is 11.7 Å². The van der Waals surface area contributed by atoms with E-state index in [0.29, 0.717) is 0 Å². The lowest BCUT2D eigenvalue weighted by Crippen LogP contribution is -1.61. The number of hydrogen-bond acceptors (Lipinski definition) is 1. The minimum absolute atomic E-state index is 0. The number of hydrogen-bond donors (Lipinski definition) is 0. The lowest BCUT2D eigenvalue weighted by molar-refractivity contribution is 0.336. The van der Waals surface area contributed by atoms with Gasteiger partial charge in [0, 0.05) is 0 Å². The first-order valence-electron chi connectivity index (χ1n) is 2.09. The maximum absolute atomic E-state index is 4.60. The first-order valence-corrected chi connectivity index (χ1v) is 2.09. The summed E-state index contributed by atoms with van der Waals surface area (Å²) < 4.78 is 4.60. The lowest BCUT2D eigenvalue weighted by Gasteiger charge is -1.80. The largest absolute Gasteiger partial charge is 0.505 e. The Hall–Kier alpha value is -0.460. The second-order valence-electron chi connectivity index (χ2n) is 1.02. The van der Waals surface area contributed by atoms with Gasteiger partial charge in [-0.05, 0) is 6.42 Å². The van der Waals surface area contributed by atoms with Crippen LogP contribution in [-0.4, -0.2) is 7.11 Å². The molecule has 0 heterocycles. The zero-order chi connectivity index (χ0) is 4.83. The highest BCUT2D eigenvalue weighted by molar-refractivity contribution is 4.69. The van der Waals surface area contributed by atoms with Gasteiger partial charge >= 0.3 is 0 Å². The zero-order valence-electron chi connectivity index (χ0n) is 4.27. The molecule has 0 spiro atoms. The highest BCUT2D eigenvalue weighted by Gasteiger charge is 1.58. The first-order chi connectivity index (χ1) is 2.91. The normalized spacial score (nSPS) is 5.27. The molecule has 1 nitrogen and oxygen atoms in total. The van der Waals surface area contributed by atoms with Crippen LogP contribution >= 0.6 is 0 Å². The number of allylic oxidation sites excluding steroid dienone is 1. The number of ether oxygens (including phenoxy) is 1. The van der Waals surface area contributed by atoms with E-state index in [1.165, 1.54) is 0 Å². The summed E-state index contributed by atoms with van der Waals surface area (Å²) in [6.07, 6.45) is 4.69. The van der Waals surface area contributed by atoms with Gasteiger partial charge in [0.05, 0.1) is 13.4 Å². The van der Waals surface area contributed by atoms with Gasteiger partial charge in [0.1, 0.15) is 0 Å². The van der Waals surface area contributed by atoms with Crippen molar-refractivity contribution in [3.8, 4) is 0 Å². The van der Waals surface area contributed by atoms with Crippen molar-refractivity contribution in [1.82, 2.24) is 0 Å². The quantitative estimate of drug-likeness (QED) is 0.538. The fraction of sp³-hybridized carbons (Fsp3) is 0.800. The van der Waals surface area contributed by atoms with Gasteiger partial charge in [-0.15, -0.1) is 0 Å². The van der Waals surface area contributed by atoms with Crippen molar-refractivity contribution in [1.29, 1.82) is 0 Å². The van der Waals surface area contributed by atoms with Crippen LogP contribution in [0.4, 0.5) is 0 Å². The summed E-state index contributed by atoms with van der Waals surface area (Å²) in [5.74, 6) is 0. The summed E-state index contributed by atoms with van der Waals surface area (Å²) in [5, 5.41) is 0. The van der Waals surface area contributed by atoms with E-state index in [-0.39, 0.29) is 37.1 Å². The van der Waals surface area contributed by atoms with Gasteiger partial charge in [0.15, 0.2) is 0 Å². The predicted octanol–water partition coefficient (Wildman–Crippen LogP) is 4.74. The molecule has 0 aromatic rings. The monoisotopic (exact) mass is 166 g/mol. The molecule has 0 radical (unpaired) electrons. The molecule has 0 aliphatic carbocycles. The topological polar surface area (TPSA) is 9.23 Å². The third-order valence-electron chi connectivity index (χ3n) is 0.468. The Morgan fingerprint density at radius 1 is 1.00 bits per heavy atom. The van der Waals surface area contributed by atoms with Crippen LogP contribution in [0.3, 0.4) is 0 Å². The molecule has 0 rings (SSSR count). The smallest absolute Gasteiger partial charge is 0.0784 e. The van der Waals surface area contributed by atoms with E-state index in [0.717, 1.165) is 6.42 Å². The summed E-state index contributed by atoms with van der Waals surface area (Å²) >= 11 is 0. The van der Waals surface area contributed by atoms with Crippen molar-refractivity contribution in [3.63, 3.8) is 0 Å². The highest BCUT2D eigenvalue weighted by atomic mass is 16.5. The summed E-state index contributed by atoms with van der Waals surface area (Å²) in [6, 6.07) is 0. The molecule has 0 unspecified atom stereocenters. The second-order valence-corrected chi connectivity index (χ2v) is 1.02. The Balaban J connectivity index is -0.0000000125. The molecular weight excluding hydrogens is 136 g/mol. The van der Waals surface area contributed by atoms with E-state index < -0.39 is 0 Å². The van der Waals surface area contributed by atoms with E-state index >= 15 is 0 Å². The van der Waals surface area contributed by atoms with Crippen molar-refractivity contribution in [2.45, 2.75) is 50.5 Å². The van der Waals surface area contributed by atoms with Gasteiger partial charge in [-0.2, -0.15) is 0 Å². The van der Waals surface area contributed by atoms with Gasteiger partial charge in [-0.1, -0.05) is 50.1 Å². The average Bonchev–Trinajstić information content (AvgIpc) is 1.61. The molecule has 0 saturated carbocycles. The summed E-state index contributed by atoms with van der Waals surface area (Å²) in [4.78, 5) is 0. The standard InChI is InChI=1S/C5H10O.5CH4/c1-3-4-5-6-2;;;;;/h4-5H,3H2,1-2H3;5*1H4. The lowest BCUT2D eigenvalue weighted by atomic mass is 10.5. The third kappa shape index (κ3) is 84.1. The van der Waals surface area contributed by atoms with Crippen LogP contribution in [-0.2, 0) is 4.74 Å². The number of methoxy groups -OCH3 is 1. The minimum Gasteiger partial charge on any atom is -0.505 e. The van der Waals surface area contributed by atoms with E-state index in [4.69, 9.17) is 0 Å². The molecule has 0 bridgehead atoms. The maximum Gasteiger partial charge on any atom is 0.0784 e. The van der Waals surface area contributed by atoms with Gasteiger partial charge in [-0.25, -0.2) is 0 Å². The molecule has 11 heavy (non-hydrogen) atoms. The van der Waals surface area contributed by atoms with Crippen molar-refractivity contribution in [2.24, 2.45) is 0 Å². The Morgan fingerprint density at radius 3 is 1.45 bits per heavy atom. The predicted molar refractivity (Wildman–Crippen MR) is 60.1 cm³/mol. The van der Waals surface area contributed by atoms with Gasteiger partial charge in [0.2, 0.25) is 0 Å². The summed E-state index contributed by atoms with van der Waals surface area (Å²) in [5.41, 5.74) is 0. The molecular formula is C10H30O. The van der Waals surface area contributed by atoms with Crippen LogP contribution in [0.5, 0.6) is 0 Å². The Labute approximate surface area is 75.5 Å². The molecule has 76 valence electrons. The number of rotatable bonds is 2. The first kappa shape index (κ1) is 46.5. The molecule has 0 amide bonds. The highest BCUT2D eigenvalue weighted by Crippen LogP contribution is 1.76. The molecule has 1 heteroatoms. The Bertz CT molecular complexity index is 34.1. The van der Waals surface area contributed by atoms with Crippen LogP contribution < -0.4 is 0 Å². The third-order valence-corrected chi connectivity index (χ3v) is 0.468. The summed E-state index contributed by atoms with van der Waals surface area (Å²) in [6.45, 7) is 2.06. The molecule has 0 fully saturated rings. The van der Waals surface area contributed by atoms with Crippen molar-refractivity contribution in [2.75, 3.05) is 7.11 Å². The molecule has 0 N–H and O–H groups in total. The van der Waals surface area contributed by atoms with E-state index in [1.54, 1.807) is 13.4 Å². The molecule has 0 aliphatic heterocycles. The van der Waals surface area contributed by atoms with E-state index in [1.807, 2.05) is 6.08 Å². The van der Waals surface area contributed by atoms with Crippen LogP contribution in [0.2, 0.25) is 0 Å². The zero-order valence-corrected chi connectivity index (χ0v) is 4.27. The van der Waals surface area contributed by atoms with E-state index in [9.17, 15) is 0 Å². The fourth-order valence-corrected chi connectivity index (χ4v) is 0.192. The molecule has 0 aliphatic rings. The maximum atomic E-state index is 4.60. The SMILES string of the molecule is C.C.C.C.C.CCC=COC. The fourth-order valence-electron chi connectivity index (χ4n) is 0.192. The molecule has 0 aromatic heterocycles. The van der Waals surface area contributed by atoms with Gasteiger partial charge < -0.3 is 4.74 Å². The van der Waals surface area contributed by atoms with Crippen LogP contribution in [0.1, 0.15) is 50.5 Å². The molecule has 0 atom stereocenters. The Kier molecular flexibility index (Phi) is 235. The average molecular weight is 166 g/mol. The van der Waals surface area contributed by atoms with Crippen LogP contribution in [0, 0.1) is 0 Å².